The van der Waals surface area contributed by atoms with Crippen molar-refractivity contribution in [1.82, 2.24) is 31.1 Å². The molecule has 4 rings (SSSR count). The molecule has 1 saturated heterocycles. The number of nitrogens with zero attached hydrogens (tertiary/aromatic N) is 2. The van der Waals surface area contributed by atoms with E-state index >= 15 is 0 Å². The molecule has 1 aliphatic heterocycles. The summed E-state index contributed by atoms with van der Waals surface area (Å²) in [5.74, 6) is -1.27. The number of aliphatic hydroxyl groups is 1. The molecule has 1 saturated carbocycles. The van der Waals surface area contributed by atoms with Crippen molar-refractivity contribution in [2.75, 3.05) is 40.8 Å². The Morgan fingerprint density at radius 2 is 1.48 bits per heavy atom. The van der Waals surface area contributed by atoms with E-state index < -0.39 is 29.9 Å². The van der Waals surface area contributed by atoms with Crippen LogP contribution >= 0.6 is 0 Å². The number of amides is 5. The summed E-state index contributed by atoms with van der Waals surface area (Å²) in [6, 6.07) is 15.1. The zero-order chi connectivity index (χ0) is 47.3. The van der Waals surface area contributed by atoms with E-state index in [1.165, 1.54) is 28.9 Å². The summed E-state index contributed by atoms with van der Waals surface area (Å²) >= 11 is 0. The van der Waals surface area contributed by atoms with Crippen LogP contribution in [0.25, 0.3) is 0 Å². The lowest BCUT2D eigenvalue weighted by atomic mass is 9.83. The molecule has 2 aliphatic rings. The van der Waals surface area contributed by atoms with Crippen molar-refractivity contribution in [2.24, 2.45) is 5.92 Å². The van der Waals surface area contributed by atoms with E-state index in [1.807, 2.05) is 27.0 Å². The van der Waals surface area contributed by atoms with Crippen molar-refractivity contribution in [3.63, 3.8) is 0 Å². The van der Waals surface area contributed by atoms with Gasteiger partial charge in [0.05, 0.1) is 18.6 Å². The summed E-state index contributed by atoms with van der Waals surface area (Å²) in [6.45, 7) is 8.66. The lowest BCUT2D eigenvalue weighted by molar-refractivity contribution is -0.141. The van der Waals surface area contributed by atoms with Gasteiger partial charge in [-0.25, -0.2) is 0 Å². The maximum Gasteiger partial charge on any atom is 0.249 e. The number of hydrogen-bond acceptors (Lipinski definition) is 8. The van der Waals surface area contributed by atoms with E-state index in [9.17, 15) is 28.8 Å². The number of aldehydes is 1. The van der Waals surface area contributed by atoms with E-state index in [0.717, 1.165) is 64.1 Å². The van der Waals surface area contributed by atoms with Gasteiger partial charge in [-0.05, 0) is 87.4 Å². The maximum absolute atomic E-state index is 13.7. The third kappa shape index (κ3) is 19.1. The Kier molecular flexibility index (Phi) is 27.5. The highest BCUT2D eigenvalue weighted by atomic mass is 16.3. The highest BCUT2D eigenvalue weighted by Gasteiger charge is 2.40. The van der Waals surface area contributed by atoms with Gasteiger partial charge in [0, 0.05) is 39.2 Å². The van der Waals surface area contributed by atoms with Crippen molar-refractivity contribution in [3.05, 3.63) is 82.9 Å². The molecule has 2 aromatic rings. The Balaban J connectivity index is 0.000000648. The fourth-order valence-electron chi connectivity index (χ4n) is 8.20. The first-order valence-corrected chi connectivity index (χ1v) is 23.8. The fourth-order valence-corrected chi connectivity index (χ4v) is 8.20. The fraction of sp³-hybridized carbons (Fsp3) is 0.608. The zero-order valence-electron chi connectivity index (χ0n) is 40.0. The van der Waals surface area contributed by atoms with Gasteiger partial charge in [0.25, 0.3) is 0 Å². The minimum absolute atomic E-state index is 0.0197. The Bertz CT molecular complexity index is 1710. The maximum atomic E-state index is 13.7. The van der Waals surface area contributed by atoms with Crippen LogP contribution in [0.1, 0.15) is 140 Å². The molecule has 0 radical (unpaired) electrons. The van der Waals surface area contributed by atoms with Gasteiger partial charge in [-0.3, -0.25) is 24.0 Å². The van der Waals surface area contributed by atoms with E-state index in [-0.39, 0.29) is 36.2 Å². The molecule has 5 N–H and O–H groups in total. The molecule has 0 bridgehead atoms. The van der Waals surface area contributed by atoms with Crippen molar-refractivity contribution in [2.45, 2.75) is 155 Å². The number of carbonyl (C=O) groups excluding carboxylic acids is 6. The first kappa shape index (κ1) is 55.3. The molecule has 4 unspecified atom stereocenters. The summed E-state index contributed by atoms with van der Waals surface area (Å²) in [5.41, 5.74) is 3.65. The van der Waals surface area contributed by atoms with E-state index in [4.69, 9.17) is 5.11 Å². The van der Waals surface area contributed by atoms with Gasteiger partial charge >= 0.3 is 0 Å². The van der Waals surface area contributed by atoms with Crippen LogP contribution in [0.3, 0.4) is 0 Å². The molecule has 13 heteroatoms. The number of allylic oxidation sites excluding steroid dienone is 1. The van der Waals surface area contributed by atoms with Crippen LogP contribution in [-0.4, -0.2) is 110 Å². The van der Waals surface area contributed by atoms with Crippen molar-refractivity contribution >= 4 is 35.8 Å². The second-order valence-electron chi connectivity index (χ2n) is 16.9. The number of hydrogen-bond donors (Lipinski definition) is 5. The van der Waals surface area contributed by atoms with Gasteiger partial charge < -0.3 is 41.0 Å². The van der Waals surface area contributed by atoms with E-state index in [2.05, 4.69) is 59.4 Å². The number of aliphatic hydroxyl groups excluding tert-OH is 1. The Morgan fingerprint density at radius 1 is 0.828 bits per heavy atom. The molecule has 356 valence electrons. The van der Waals surface area contributed by atoms with Gasteiger partial charge in [0.1, 0.15) is 18.4 Å². The highest BCUT2D eigenvalue weighted by Crippen LogP contribution is 2.29. The normalized spacial score (nSPS) is 16.4. The quantitative estimate of drug-likeness (QED) is 0.0669. The molecule has 0 spiro atoms. The second kappa shape index (κ2) is 31.9. The van der Waals surface area contributed by atoms with E-state index in [0.29, 0.717) is 56.4 Å². The van der Waals surface area contributed by atoms with Crippen molar-refractivity contribution in [1.29, 1.82) is 0 Å². The smallest absolute Gasteiger partial charge is 0.249 e. The predicted molar refractivity (Wildman–Crippen MR) is 255 cm³/mol. The molecular formula is C51H80N6O7. The molecule has 13 nitrogen and oxygen atoms in total. The van der Waals surface area contributed by atoms with Crippen LogP contribution in [0.4, 0.5) is 0 Å². The topological polar surface area (TPSA) is 177 Å². The Hall–Kier alpha value is -4.88. The highest BCUT2D eigenvalue weighted by molar-refractivity contribution is 5.99. The lowest BCUT2D eigenvalue weighted by Crippen LogP contribution is -2.55. The SMILES string of the molecule is CC/C=C(/C(=O)NCC(=O)NC(C(=O)N(C)C)c1ccccc1)C(CCC)NC(=O)C1CCCN1C(=O)C(NC)C1CCCCC1.CCCCO.CCCc1ccc(CCC=O)cc1. The van der Waals surface area contributed by atoms with Crippen LogP contribution in [0.2, 0.25) is 0 Å². The zero-order valence-corrected chi connectivity index (χ0v) is 40.0. The van der Waals surface area contributed by atoms with Gasteiger partial charge in [0.15, 0.2) is 0 Å². The average molecular weight is 889 g/mol. The summed E-state index contributed by atoms with van der Waals surface area (Å²) in [6.07, 6.45) is 17.2. The number of nitrogens with one attached hydrogen (secondary N) is 4. The van der Waals surface area contributed by atoms with Crippen molar-refractivity contribution < 1.29 is 33.9 Å². The standard InChI is InChI=1S/C35H54N6O5.C12H16O.C4H10O/c1-6-15-26(32(43)37-23-29(42)39-31(34(45)40(4)5)25-19-12-9-13-20-25)27(16-7-2)38-33(44)28-21-14-22-41(28)35(46)30(36-3)24-17-10-8-11-18-24;1-2-4-11-6-8-12(9-7-11)5-3-10-13;1-2-3-4-5/h9,12-13,15,19-20,24,27-28,30-31,36H,6-8,10-11,14,16-18,21-23H2,1-5H3,(H,37,43)(H,38,44)(H,39,42);6-10H,2-5H2,1H3;5H,2-4H2,1H3/b26-15+;;. The summed E-state index contributed by atoms with van der Waals surface area (Å²) < 4.78 is 0. The third-order valence-electron chi connectivity index (χ3n) is 11.7. The minimum Gasteiger partial charge on any atom is -0.396 e. The number of likely N-dealkylation sites (N-methyl/N-ethyl adjacent to an activating group) is 2. The van der Waals surface area contributed by atoms with Gasteiger partial charge in [-0.2, -0.15) is 0 Å². The first-order valence-electron chi connectivity index (χ1n) is 23.8. The molecular weight excluding hydrogens is 809 g/mol. The Morgan fingerprint density at radius 3 is 2.02 bits per heavy atom. The molecule has 0 aromatic heterocycles. The first-order chi connectivity index (χ1) is 30.9. The number of rotatable bonds is 22. The molecule has 1 aliphatic carbocycles. The van der Waals surface area contributed by atoms with Gasteiger partial charge in [-0.1, -0.05) is 127 Å². The van der Waals surface area contributed by atoms with Crippen LogP contribution < -0.4 is 21.3 Å². The molecule has 5 amide bonds. The third-order valence-corrected chi connectivity index (χ3v) is 11.7. The summed E-state index contributed by atoms with van der Waals surface area (Å²) in [5, 5.41) is 19.8. The number of carbonyl (C=O) groups is 6. The number of benzene rings is 2. The monoisotopic (exact) mass is 889 g/mol. The van der Waals surface area contributed by atoms with E-state index in [1.54, 1.807) is 49.3 Å². The van der Waals surface area contributed by atoms with Crippen LogP contribution in [0.15, 0.2) is 66.2 Å². The van der Waals surface area contributed by atoms with Crippen LogP contribution in [0.5, 0.6) is 0 Å². The number of unbranched alkanes of at least 4 members (excludes halogenated alkanes) is 1. The average Bonchev–Trinajstić information content (AvgIpc) is 3.81. The van der Waals surface area contributed by atoms with Crippen LogP contribution in [-0.2, 0) is 41.6 Å². The second-order valence-corrected chi connectivity index (χ2v) is 16.9. The minimum atomic E-state index is -0.893. The predicted octanol–water partition coefficient (Wildman–Crippen LogP) is 6.38. The molecule has 2 fully saturated rings. The molecule has 2 aromatic carbocycles. The molecule has 4 atom stereocenters. The summed E-state index contributed by atoms with van der Waals surface area (Å²) in [4.78, 5) is 79.9. The molecule has 64 heavy (non-hydrogen) atoms. The number of aryl methyl sites for hydroxylation is 2. The lowest BCUT2D eigenvalue weighted by Gasteiger charge is -2.34. The van der Waals surface area contributed by atoms with Gasteiger partial charge in [0.2, 0.25) is 29.5 Å². The van der Waals surface area contributed by atoms with Gasteiger partial charge in [-0.15, -0.1) is 0 Å². The number of likely N-dealkylation sites (tertiary alicyclic amines) is 1. The largest absolute Gasteiger partial charge is 0.396 e. The van der Waals surface area contributed by atoms with Crippen LogP contribution in [0, 0.1) is 5.92 Å². The Labute approximate surface area is 384 Å². The summed E-state index contributed by atoms with van der Waals surface area (Å²) in [7, 11) is 5.06. The van der Waals surface area contributed by atoms with Crippen molar-refractivity contribution in [3.8, 4) is 0 Å². The molecule has 1 heterocycles.